The van der Waals surface area contributed by atoms with Crippen LogP contribution < -0.4 is 14.5 Å². The maximum Gasteiger partial charge on any atom is 0.276 e. The first kappa shape index (κ1) is 20.0. The lowest BCUT2D eigenvalue weighted by atomic mass is 10.1. The van der Waals surface area contributed by atoms with Crippen LogP contribution in [0.25, 0.3) is 0 Å². The lowest BCUT2D eigenvalue weighted by Crippen LogP contribution is -2.40. The van der Waals surface area contributed by atoms with E-state index >= 15 is 0 Å². The summed E-state index contributed by atoms with van der Waals surface area (Å²) < 4.78 is 12.2. The molecule has 4 rings (SSSR count). The first-order valence-electron chi connectivity index (χ1n) is 9.90. The Balaban J connectivity index is 1.48. The predicted molar refractivity (Wildman–Crippen MR) is 116 cm³/mol. The lowest BCUT2D eigenvalue weighted by molar-refractivity contribution is 0.0962. The van der Waals surface area contributed by atoms with Gasteiger partial charge in [0.1, 0.15) is 11.4 Å². The molecular weight excluding hydrogens is 380 g/mol. The molecular formula is C23H26N4O3. The first-order chi connectivity index (χ1) is 14.6. The lowest BCUT2D eigenvalue weighted by Gasteiger charge is -2.27. The molecule has 0 N–H and O–H groups in total. The van der Waals surface area contributed by atoms with Gasteiger partial charge in [-0.2, -0.15) is 5.10 Å². The van der Waals surface area contributed by atoms with E-state index in [-0.39, 0.29) is 5.91 Å². The highest BCUT2D eigenvalue weighted by molar-refractivity contribution is 6.05. The van der Waals surface area contributed by atoms with Gasteiger partial charge < -0.3 is 19.3 Å². The number of hydrogen-bond donors (Lipinski definition) is 0. The molecule has 0 atom stereocenters. The van der Waals surface area contributed by atoms with E-state index in [2.05, 4.69) is 10.00 Å². The molecule has 2 aromatic carbocycles. The SMILES string of the molecule is COCc1ccc(N2CCn3nc(CN(C)c4ccc(OC)cc4)cc3C2=O)cc1. The second-order valence-corrected chi connectivity index (χ2v) is 7.35. The van der Waals surface area contributed by atoms with Crippen molar-refractivity contribution in [2.75, 3.05) is 37.6 Å². The number of carbonyl (C=O) groups is 1. The van der Waals surface area contributed by atoms with Crippen molar-refractivity contribution in [3.05, 3.63) is 71.5 Å². The molecule has 2 heterocycles. The van der Waals surface area contributed by atoms with Crippen LogP contribution in [0.3, 0.4) is 0 Å². The molecule has 7 heteroatoms. The van der Waals surface area contributed by atoms with Gasteiger partial charge in [-0.15, -0.1) is 0 Å². The molecule has 1 aliphatic heterocycles. The molecule has 0 radical (unpaired) electrons. The monoisotopic (exact) mass is 406 g/mol. The van der Waals surface area contributed by atoms with Crippen molar-refractivity contribution < 1.29 is 14.3 Å². The number of benzene rings is 2. The Hall–Kier alpha value is -3.32. The van der Waals surface area contributed by atoms with Gasteiger partial charge in [-0.3, -0.25) is 9.48 Å². The average Bonchev–Trinajstić information content (AvgIpc) is 3.18. The van der Waals surface area contributed by atoms with Crippen molar-refractivity contribution in [1.82, 2.24) is 9.78 Å². The third-order valence-electron chi connectivity index (χ3n) is 5.30. The van der Waals surface area contributed by atoms with Gasteiger partial charge in [-0.1, -0.05) is 12.1 Å². The summed E-state index contributed by atoms with van der Waals surface area (Å²) in [6.07, 6.45) is 0. The molecule has 1 aromatic heterocycles. The molecule has 30 heavy (non-hydrogen) atoms. The van der Waals surface area contributed by atoms with Crippen LogP contribution in [0.15, 0.2) is 54.6 Å². The van der Waals surface area contributed by atoms with E-state index in [4.69, 9.17) is 9.47 Å². The van der Waals surface area contributed by atoms with Crippen molar-refractivity contribution in [2.45, 2.75) is 19.7 Å². The molecule has 0 aliphatic carbocycles. The zero-order valence-electron chi connectivity index (χ0n) is 17.5. The number of rotatable bonds is 7. The Bertz CT molecular complexity index is 1010. The second kappa shape index (κ2) is 8.59. The highest BCUT2D eigenvalue weighted by atomic mass is 16.5. The Morgan fingerprint density at radius 1 is 1.03 bits per heavy atom. The van der Waals surface area contributed by atoms with Crippen LogP contribution in [0.5, 0.6) is 5.75 Å². The molecule has 7 nitrogen and oxygen atoms in total. The maximum atomic E-state index is 13.1. The van der Waals surface area contributed by atoms with E-state index in [1.807, 2.05) is 71.2 Å². The van der Waals surface area contributed by atoms with Crippen LogP contribution >= 0.6 is 0 Å². The number of carbonyl (C=O) groups excluding carboxylic acids is 1. The highest BCUT2D eigenvalue weighted by Crippen LogP contribution is 2.24. The summed E-state index contributed by atoms with van der Waals surface area (Å²) >= 11 is 0. The van der Waals surface area contributed by atoms with Crippen LogP contribution in [0.2, 0.25) is 0 Å². The van der Waals surface area contributed by atoms with Crippen LogP contribution in [0.1, 0.15) is 21.7 Å². The van der Waals surface area contributed by atoms with Gasteiger partial charge >= 0.3 is 0 Å². The molecule has 1 amide bonds. The molecule has 0 saturated heterocycles. The van der Waals surface area contributed by atoms with E-state index in [1.54, 1.807) is 14.2 Å². The summed E-state index contributed by atoms with van der Waals surface area (Å²) in [4.78, 5) is 17.0. The molecule has 0 fully saturated rings. The number of fused-ring (bicyclic) bond motifs is 1. The van der Waals surface area contributed by atoms with Gasteiger partial charge in [-0.05, 0) is 48.0 Å². The van der Waals surface area contributed by atoms with Gasteiger partial charge in [0.2, 0.25) is 0 Å². The Labute approximate surface area is 176 Å². The van der Waals surface area contributed by atoms with E-state index in [0.29, 0.717) is 31.9 Å². The quantitative estimate of drug-likeness (QED) is 0.602. The standard InChI is InChI=1S/C23H26N4O3/c1-25(19-8-10-21(30-3)11-9-19)15-18-14-22-23(28)26(12-13-27(22)24-18)20-6-4-17(5-7-20)16-29-2/h4-11,14H,12-13,15-16H2,1-3H3. The fourth-order valence-electron chi connectivity index (χ4n) is 3.68. The Morgan fingerprint density at radius 3 is 2.43 bits per heavy atom. The smallest absolute Gasteiger partial charge is 0.276 e. The molecule has 156 valence electrons. The normalized spacial score (nSPS) is 13.3. The number of aromatic nitrogens is 2. The summed E-state index contributed by atoms with van der Waals surface area (Å²) in [6, 6.07) is 17.7. The maximum absolute atomic E-state index is 13.1. The minimum Gasteiger partial charge on any atom is -0.497 e. The average molecular weight is 406 g/mol. The van der Waals surface area contributed by atoms with Crippen molar-refractivity contribution >= 4 is 17.3 Å². The van der Waals surface area contributed by atoms with Crippen LogP contribution in [0.4, 0.5) is 11.4 Å². The van der Waals surface area contributed by atoms with E-state index in [1.165, 1.54) is 0 Å². The number of methoxy groups -OCH3 is 2. The summed E-state index contributed by atoms with van der Waals surface area (Å²) in [5.41, 5.74) is 4.53. The second-order valence-electron chi connectivity index (χ2n) is 7.35. The molecule has 0 bridgehead atoms. The number of amides is 1. The minimum atomic E-state index is -0.0217. The number of nitrogens with zero attached hydrogens (tertiary/aromatic N) is 4. The molecule has 1 aliphatic rings. The number of anilines is 2. The highest BCUT2D eigenvalue weighted by Gasteiger charge is 2.27. The third kappa shape index (κ3) is 4.02. The molecule has 0 unspecified atom stereocenters. The van der Waals surface area contributed by atoms with Gasteiger partial charge in [0.25, 0.3) is 5.91 Å². The van der Waals surface area contributed by atoms with Crippen LogP contribution in [-0.4, -0.2) is 43.5 Å². The molecule has 0 spiro atoms. The van der Waals surface area contributed by atoms with Crippen molar-refractivity contribution in [3.8, 4) is 5.75 Å². The summed E-state index contributed by atoms with van der Waals surface area (Å²) in [5.74, 6) is 0.803. The van der Waals surface area contributed by atoms with Gasteiger partial charge in [0.15, 0.2) is 0 Å². The first-order valence-corrected chi connectivity index (χ1v) is 9.90. The third-order valence-corrected chi connectivity index (χ3v) is 5.30. The Morgan fingerprint density at radius 2 is 1.77 bits per heavy atom. The van der Waals surface area contributed by atoms with Crippen molar-refractivity contribution in [2.24, 2.45) is 0 Å². The van der Waals surface area contributed by atoms with Crippen molar-refractivity contribution in [1.29, 1.82) is 0 Å². The van der Waals surface area contributed by atoms with E-state index < -0.39 is 0 Å². The number of hydrogen-bond acceptors (Lipinski definition) is 5. The van der Waals surface area contributed by atoms with Crippen LogP contribution in [0, 0.1) is 0 Å². The van der Waals surface area contributed by atoms with E-state index in [9.17, 15) is 4.79 Å². The predicted octanol–water partition coefficient (Wildman–Crippen LogP) is 3.33. The molecule has 0 saturated carbocycles. The van der Waals surface area contributed by atoms with Gasteiger partial charge in [0.05, 0.1) is 32.5 Å². The van der Waals surface area contributed by atoms with Crippen LogP contribution in [-0.2, 0) is 24.4 Å². The zero-order chi connectivity index (χ0) is 21.1. The Kier molecular flexibility index (Phi) is 5.72. The minimum absolute atomic E-state index is 0.0217. The zero-order valence-corrected chi connectivity index (χ0v) is 17.5. The van der Waals surface area contributed by atoms with E-state index in [0.717, 1.165) is 28.4 Å². The van der Waals surface area contributed by atoms with Crippen molar-refractivity contribution in [3.63, 3.8) is 0 Å². The largest absolute Gasteiger partial charge is 0.497 e. The fraction of sp³-hybridized carbons (Fsp3) is 0.304. The van der Waals surface area contributed by atoms with Gasteiger partial charge in [0, 0.05) is 32.1 Å². The number of ether oxygens (including phenoxy) is 2. The summed E-state index contributed by atoms with van der Waals surface area (Å²) in [6.45, 7) is 2.45. The van der Waals surface area contributed by atoms with Gasteiger partial charge in [-0.25, -0.2) is 0 Å². The topological polar surface area (TPSA) is 59.8 Å². The fourth-order valence-corrected chi connectivity index (χ4v) is 3.68. The summed E-state index contributed by atoms with van der Waals surface area (Å²) in [7, 11) is 5.34. The molecule has 3 aromatic rings. The summed E-state index contributed by atoms with van der Waals surface area (Å²) in [5, 5.41) is 4.65.